The molecule has 0 aromatic heterocycles. The summed E-state index contributed by atoms with van der Waals surface area (Å²) >= 11 is 0. The van der Waals surface area contributed by atoms with E-state index in [1.165, 1.54) is 5.56 Å². The van der Waals surface area contributed by atoms with Crippen molar-refractivity contribution in [3.8, 4) is 0 Å². The fraction of sp³-hybridized carbons (Fsp3) is 0.409. The molecule has 0 bridgehead atoms. The van der Waals surface area contributed by atoms with Gasteiger partial charge in [0.15, 0.2) is 0 Å². The number of carbonyl (C=O) groups is 1. The lowest BCUT2D eigenvalue weighted by Gasteiger charge is -2.22. The van der Waals surface area contributed by atoms with Gasteiger partial charge < -0.3 is 10.6 Å². The summed E-state index contributed by atoms with van der Waals surface area (Å²) in [4.78, 5) is 12.4. The van der Waals surface area contributed by atoms with E-state index in [1.54, 1.807) is 0 Å². The lowest BCUT2D eigenvalue weighted by atomic mass is 9.88. The molecule has 2 aromatic rings. The van der Waals surface area contributed by atoms with Crippen LogP contribution in [0.25, 0.3) is 0 Å². The Bertz CT molecular complexity index is 702. The second-order valence-corrected chi connectivity index (χ2v) is 8.84. The highest BCUT2D eigenvalue weighted by atomic mass is 16.1. The third-order valence-electron chi connectivity index (χ3n) is 3.61. The van der Waals surface area contributed by atoms with Crippen molar-refractivity contribution in [3.63, 3.8) is 0 Å². The van der Waals surface area contributed by atoms with Gasteiger partial charge in [0.25, 0.3) is 5.91 Å². The molecular weight excluding hydrogens is 308 g/mol. The summed E-state index contributed by atoms with van der Waals surface area (Å²) in [6.45, 7) is 13.0. The van der Waals surface area contributed by atoms with Gasteiger partial charge in [-0.1, -0.05) is 32.9 Å². The minimum Gasteiger partial charge on any atom is -0.380 e. The van der Waals surface area contributed by atoms with Crippen molar-refractivity contribution in [3.05, 3.63) is 59.7 Å². The second-order valence-electron chi connectivity index (χ2n) is 8.84. The second kappa shape index (κ2) is 7.30. The monoisotopic (exact) mass is 338 g/mol. The summed E-state index contributed by atoms with van der Waals surface area (Å²) in [5.41, 5.74) is 4.02. The molecule has 0 aliphatic carbocycles. The smallest absolute Gasteiger partial charge is 0.255 e. The normalized spacial score (nSPS) is 11.9. The molecule has 2 N–H and O–H groups in total. The van der Waals surface area contributed by atoms with Crippen LogP contribution in [-0.4, -0.2) is 11.4 Å². The van der Waals surface area contributed by atoms with Crippen molar-refractivity contribution in [1.29, 1.82) is 0 Å². The minimum atomic E-state index is -0.0844. The molecule has 0 fully saturated rings. The van der Waals surface area contributed by atoms with Crippen LogP contribution in [0, 0.1) is 5.41 Å². The summed E-state index contributed by atoms with van der Waals surface area (Å²) in [7, 11) is 0. The molecule has 0 spiro atoms. The summed E-state index contributed by atoms with van der Waals surface area (Å²) in [5.74, 6) is -0.0844. The van der Waals surface area contributed by atoms with E-state index < -0.39 is 0 Å². The summed E-state index contributed by atoms with van der Waals surface area (Å²) in [6.07, 6.45) is 0.997. The number of hydrogen-bond acceptors (Lipinski definition) is 2. The number of rotatable bonds is 4. The van der Waals surface area contributed by atoms with Crippen LogP contribution in [0.4, 0.5) is 11.4 Å². The Morgan fingerprint density at radius 1 is 0.800 bits per heavy atom. The predicted molar refractivity (Wildman–Crippen MR) is 107 cm³/mol. The zero-order valence-corrected chi connectivity index (χ0v) is 16.2. The van der Waals surface area contributed by atoms with Gasteiger partial charge in [-0.25, -0.2) is 0 Å². The van der Waals surface area contributed by atoms with E-state index in [2.05, 4.69) is 52.2 Å². The quantitative estimate of drug-likeness (QED) is 0.746. The number of benzene rings is 2. The van der Waals surface area contributed by atoms with Gasteiger partial charge in [-0.2, -0.15) is 0 Å². The van der Waals surface area contributed by atoms with Crippen molar-refractivity contribution < 1.29 is 4.79 Å². The molecule has 3 nitrogen and oxygen atoms in total. The fourth-order valence-electron chi connectivity index (χ4n) is 2.66. The van der Waals surface area contributed by atoms with Crippen LogP contribution < -0.4 is 10.6 Å². The van der Waals surface area contributed by atoms with Gasteiger partial charge in [0.2, 0.25) is 0 Å². The molecule has 0 saturated heterocycles. The first-order chi connectivity index (χ1) is 11.5. The van der Waals surface area contributed by atoms with Crippen LogP contribution in [0.5, 0.6) is 0 Å². The lowest BCUT2D eigenvalue weighted by molar-refractivity contribution is 0.102. The third-order valence-corrected chi connectivity index (χ3v) is 3.61. The predicted octanol–water partition coefficient (Wildman–Crippen LogP) is 5.74. The van der Waals surface area contributed by atoms with E-state index in [1.807, 2.05) is 48.5 Å². The molecule has 0 saturated carbocycles. The Morgan fingerprint density at radius 3 is 1.80 bits per heavy atom. The molecule has 1 amide bonds. The number of anilines is 2. The van der Waals surface area contributed by atoms with Gasteiger partial charge >= 0.3 is 0 Å². The van der Waals surface area contributed by atoms with Gasteiger partial charge in [0.1, 0.15) is 0 Å². The number of amides is 1. The Balaban J connectivity index is 1.99. The molecule has 2 rings (SSSR count). The van der Waals surface area contributed by atoms with Crippen LogP contribution in [0.15, 0.2) is 48.5 Å². The molecule has 0 aliphatic heterocycles. The van der Waals surface area contributed by atoms with Crippen molar-refractivity contribution >= 4 is 17.3 Å². The number of carbonyl (C=O) groups excluding carboxylic acids is 1. The summed E-state index contributed by atoms with van der Waals surface area (Å²) in [5, 5.41) is 6.35. The highest BCUT2D eigenvalue weighted by Crippen LogP contribution is 2.21. The van der Waals surface area contributed by atoms with Crippen LogP contribution in [0.1, 0.15) is 57.5 Å². The van der Waals surface area contributed by atoms with Gasteiger partial charge in [0.05, 0.1) is 0 Å². The van der Waals surface area contributed by atoms with Crippen LogP contribution >= 0.6 is 0 Å². The lowest BCUT2D eigenvalue weighted by Crippen LogP contribution is -2.25. The highest BCUT2D eigenvalue weighted by Gasteiger charge is 2.12. The maximum atomic E-state index is 12.4. The van der Waals surface area contributed by atoms with Gasteiger partial charge in [-0.05, 0) is 74.6 Å². The van der Waals surface area contributed by atoms with E-state index in [-0.39, 0.29) is 16.9 Å². The average Bonchev–Trinajstić information content (AvgIpc) is 2.47. The zero-order valence-electron chi connectivity index (χ0n) is 16.2. The maximum Gasteiger partial charge on any atom is 0.255 e. The first-order valence-corrected chi connectivity index (χ1v) is 8.80. The first kappa shape index (κ1) is 19.0. The van der Waals surface area contributed by atoms with E-state index in [4.69, 9.17) is 0 Å². The number of hydrogen-bond donors (Lipinski definition) is 2. The molecular formula is C22H30N2O. The van der Waals surface area contributed by atoms with E-state index in [0.29, 0.717) is 5.56 Å². The van der Waals surface area contributed by atoms with Crippen LogP contribution in [0.2, 0.25) is 0 Å². The Labute approximate surface area is 151 Å². The van der Waals surface area contributed by atoms with Crippen molar-refractivity contribution in [2.75, 3.05) is 10.6 Å². The molecule has 0 atom stereocenters. The largest absolute Gasteiger partial charge is 0.380 e. The van der Waals surface area contributed by atoms with Gasteiger partial charge in [-0.3, -0.25) is 4.79 Å². The van der Waals surface area contributed by atoms with E-state index in [0.717, 1.165) is 17.8 Å². The highest BCUT2D eigenvalue weighted by molar-refractivity contribution is 6.04. The molecule has 2 aromatic carbocycles. The molecule has 134 valence electrons. The Hall–Kier alpha value is -2.29. The zero-order chi connectivity index (χ0) is 18.7. The Morgan fingerprint density at radius 2 is 1.32 bits per heavy atom. The van der Waals surface area contributed by atoms with Gasteiger partial charge in [0, 0.05) is 22.5 Å². The number of nitrogens with one attached hydrogen (secondary N) is 2. The molecule has 0 radical (unpaired) electrons. The van der Waals surface area contributed by atoms with Crippen molar-refractivity contribution in [1.82, 2.24) is 0 Å². The maximum absolute atomic E-state index is 12.4. The minimum absolute atomic E-state index is 0.0135. The molecule has 25 heavy (non-hydrogen) atoms. The van der Waals surface area contributed by atoms with E-state index in [9.17, 15) is 4.79 Å². The van der Waals surface area contributed by atoms with Crippen LogP contribution in [-0.2, 0) is 6.42 Å². The molecule has 0 heterocycles. The third kappa shape index (κ3) is 6.61. The van der Waals surface area contributed by atoms with E-state index >= 15 is 0 Å². The van der Waals surface area contributed by atoms with Crippen molar-refractivity contribution in [2.45, 2.75) is 53.5 Å². The average molecular weight is 338 g/mol. The van der Waals surface area contributed by atoms with Gasteiger partial charge in [-0.15, -0.1) is 0 Å². The van der Waals surface area contributed by atoms with Crippen LogP contribution in [0.3, 0.4) is 0 Å². The first-order valence-electron chi connectivity index (χ1n) is 8.80. The SMILES string of the molecule is CC(C)(C)Cc1ccc(C(=O)Nc2ccc(NC(C)(C)C)cc2)cc1. The summed E-state index contributed by atoms with van der Waals surface area (Å²) in [6, 6.07) is 15.7. The standard InChI is InChI=1S/C22H30N2O/c1-21(2,3)15-16-7-9-17(10-8-16)20(25)23-18-11-13-19(14-12-18)24-22(4,5)6/h7-14,24H,15H2,1-6H3,(H,23,25). The molecule has 0 unspecified atom stereocenters. The van der Waals surface area contributed by atoms with Crippen molar-refractivity contribution in [2.24, 2.45) is 5.41 Å². The Kier molecular flexibility index (Phi) is 5.56. The topological polar surface area (TPSA) is 41.1 Å². The molecule has 0 aliphatic rings. The molecule has 3 heteroatoms. The fourth-order valence-corrected chi connectivity index (χ4v) is 2.66. The summed E-state index contributed by atoms with van der Waals surface area (Å²) < 4.78 is 0.